The molecule has 16 heavy (non-hydrogen) atoms. The van der Waals surface area contributed by atoms with E-state index in [9.17, 15) is 4.79 Å². The molecule has 1 aromatic carbocycles. The number of benzene rings is 1. The van der Waals surface area contributed by atoms with Gasteiger partial charge >= 0.3 is 5.97 Å². The molecule has 3 nitrogen and oxygen atoms in total. The Morgan fingerprint density at radius 2 is 2.06 bits per heavy atom. The third kappa shape index (κ3) is 3.57. The normalized spacial score (nSPS) is 10.2. The van der Waals surface area contributed by atoms with Crippen LogP contribution >= 0.6 is 31.9 Å². The summed E-state index contributed by atoms with van der Waals surface area (Å²) >= 11 is 6.70. The number of nitrogens with two attached hydrogens (primary N) is 1. The van der Waals surface area contributed by atoms with Crippen molar-refractivity contribution in [1.29, 1.82) is 0 Å². The Balaban J connectivity index is 2.94. The van der Waals surface area contributed by atoms with Crippen molar-refractivity contribution >= 4 is 37.8 Å². The van der Waals surface area contributed by atoms with Crippen LogP contribution in [-0.4, -0.2) is 19.1 Å². The number of carbonyl (C=O) groups is 1. The molecule has 1 rings (SSSR count). The minimum atomic E-state index is -0.317. The maximum atomic E-state index is 11.7. The number of alkyl halides is 2. The van der Waals surface area contributed by atoms with E-state index in [2.05, 4.69) is 31.9 Å². The maximum absolute atomic E-state index is 11.7. The molecular formula is C11H13Br2NO2. The van der Waals surface area contributed by atoms with Gasteiger partial charge in [0.2, 0.25) is 0 Å². The molecule has 88 valence electrons. The number of ether oxygens (including phenoxy) is 1. The minimum Gasteiger partial charge on any atom is -0.461 e. The molecule has 0 heterocycles. The standard InChI is InChI=1S/C11H13Br2NO2/c12-6-8-1-2-9(7-13)10(5-8)11(15)16-4-3-14/h1-2,5H,3-4,6-7,14H2. The van der Waals surface area contributed by atoms with E-state index in [1.54, 1.807) is 0 Å². The summed E-state index contributed by atoms with van der Waals surface area (Å²) in [5.74, 6) is -0.317. The van der Waals surface area contributed by atoms with Crippen LogP contribution in [0.1, 0.15) is 21.5 Å². The average molecular weight is 351 g/mol. The first-order valence-corrected chi connectivity index (χ1v) is 7.08. The molecule has 0 aromatic heterocycles. The minimum absolute atomic E-state index is 0.249. The van der Waals surface area contributed by atoms with Gasteiger partial charge in [-0.1, -0.05) is 44.0 Å². The zero-order valence-electron chi connectivity index (χ0n) is 8.71. The molecule has 0 fully saturated rings. The van der Waals surface area contributed by atoms with Gasteiger partial charge in [-0.25, -0.2) is 4.79 Å². The van der Waals surface area contributed by atoms with Gasteiger partial charge in [-0.05, 0) is 17.2 Å². The Kier molecular flexibility index (Phi) is 6.01. The smallest absolute Gasteiger partial charge is 0.338 e. The predicted octanol–water partition coefficient (Wildman–Crippen LogP) is 2.59. The van der Waals surface area contributed by atoms with Crippen molar-refractivity contribution in [3.63, 3.8) is 0 Å². The molecule has 0 saturated heterocycles. The van der Waals surface area contributed by atoms with Crippen LogP contribution in [-0.2, 0) is 15.4 Å². The van der Waals surface area contributed by atoms with Crippen LogP contribution in [0.2, 0.25) is 0 Å². The van der Waals surface area contributed by atoms with Gasteiger partial charge in [-0.3, -0.25) is 0 Å². The third-order valence-electron chi connectivity index (χ3n) is 2.04. The quantitative estimate of drug-likeness (QED) is 0.656. The van der Waals surface area contributed by atoms with Crippen molar-refractivity contribution in [1.82, 2.24) is 0 Å². The summed E-state index contributed by atoms with van der Waals surface area (Å²) in [6, 6.07) is 5.74. The van der Waals surface area contributed by atoms with Gasteiger partial charge in [-0.2, -0.15) is 0 Å². The number of carbonyl (C=O) groups excluding carboxylic acids is 1. The van der Waals surface area contributed by atoms with Crippen LogP contribution in [0.25, 0.3) is 0 Å². The fourth-order valence-electron chi connectivity index (χ4n) is 1.24. The molecular weight excluding hydrogens is 338 g/mol. The SMILES string of the molecule is NCCOC(=O)c1cc(CBr)ccc1CBr. The fraction of sp³-hybridized carbons (Fsp3) is 0.364. The second-order valence-corrected chi connectivity index (χ2v) is 4.30. The molecule has 1 aromatic rings. The highest BCUT2D eigenvalue weighted by Crippen LogP contribution is 2.18. The summed E-state index contributed by atoms with van der Waals surface area (Å²) in [5, 5.41) is 1.34. The lowest BCUT2D eigenvalue weighted by Gasteiger charge is -2.08. The average Bonchev–Trinajstić information content (AvgIpc) is 2.35. The van der Waals surface area contributed by atoms with Gasteiger partial charge in [0.05, 0.1) is 5.56 Å². The lowest BCUT2D eigenvalue weighted by Crippen LogP contribution is -2.15. The molecule has 0 bridgehead atoms. The molecule has 0 aliphatic rings. The topological polar surface area (TPSA) is 52.3 Å². The van der Waals surface area contributed by atoms with E-state index < -0.39 is 0 Å². The second-order valence-electron chi connectivity index (χ2n) is 3.18. The summed E-state index contributed by atoms with van der Waals surface area (Å²) in [6.07, 6.45) is 0. The number of hydrogen-bond donors (Lipinski definition) is 1. The Labute approximate surface area is 112 Å². The van der Waals surface area contributed by atoms with Crippen molar-refractivity contribution in [2.24, 2.45) is 5.73 Å². The van der Waals surface area contributed by atoms with E-state index in [4.69, 9.17) is 10.5 Å². The molecule has 0 unspecified atom stereocenters. The monoisotopic (exact) mass is 349 g/mol. The van der Waals surface area contributed by atoms with E-state index >= 15 is 0 Å². The van der Waals surface area contributed by atoms with Gasteiger partial charge in [0, 0.05) is 17.2 Å². The van der Waals surface area contributed by atoms with Crippen molar-refractivity contribution in [3.05, 3.63) is 34.9 Å². The predicted molar refractivity (Wildman–Crippen MR) is 71.0 cm³/mol. The summed E-state index contributed by atoms with van der Waals surface area (Å²) < 4.78 is 5.02. The zero-order chi connectivity index (χ0) is 12.0. The van der Waals surface area contributed by atoms with Gasteiger partial charge < -0.3 is 10.5 Å². The largest absolute Gasteiger partial charge is 0.461 e. The number of hydrogen-bond acceptors (Lipinski definition) is 3. The van der Waals surface area contributed by atoms with Crippen LogP contribution < -0.4 is 5.73 Å². The molecule has 0 atom stereocenters. The van der Waals surface area contributed by atoms with Gasteiger partial charge in [0.1, 0.15) is 6.61 Å². The second kappa shape index (κ2) is 7.04. The molecule has 0 radical (unpaired) electrons. The number of esters is 1. The van der Waals surface area contributed by atoms with Crippen LogP contribution in [0.15, 0.2) is 18.2 Å². The van der Waals surface area contributed by atoms with Crippen LogP contribution in [0.3, 0.4) is 0 Å². The summed E-state index contributed by atoms with van der Waals surface area (Å²) in [5.41, 5.74) is 7.86. The summed E-state index contributed by atoms with van der Waals surface area (Å²) in [6.45, 7) is 0.590. The number of halogens is 2. The van der Waals surface area contributed by atoms with Gasteiger partial charge in [-0.15, -0.1) is 0 Å². The zero-order valence-corrected chi connectivity index (χ0v) is 11.9. The number of rotatable bonds is 5. The molecule has 2 N–H and O–H groups in total. The molecule has 0 saturated carbocycles. The van der Waals surface area contributed by atoms with Gasteiger partial charge in [0.25, 0.3) is 0 Å². The highest BCUT2D eigenvalue weighted by molar-refractivity contribution is 9.08. The summed E-state index contributed by atoms with van der Waals surface area (Å²) in [4.78, 5) is 11.7. The van der Waals surface area contributed by atoms with E-state index in [0.717, 1.165) is 11.1 Å². The molecule has 0 spiro atoms. The maximum Gasteiger partial charge on any atom is 0.338 e. The van der Waals surface area contributed by atoms with Crippen molar-refractivity contribution in [2.45, 2.75) is 10.7 Å². The lowest BCUT2D eigenvalue weighted by atomic mass is 10.1. The van der Waals surface area contributed by atoms with E-state index in [-0.39, 0.29) is 12.6 Å². The Morgan fingerprint density at radius 3 is 2.62 bits per heavy atom. The Bertz CT molecular complexity index is 369. The highest BCUT2D eigenvalue weighted by atomic mass is 79.9. The molecule has 0 aliphatic carbocycles. The van der Waals surface area contributed by atoms with Crippen LogP contribution in [0.5, 0.6) is 0 Å². The van der Waals surface area contributed by atoms with Gasteiger partial charge in [0.15, 0.2) is 0 Å². The van der Waals surface area contributed by atoms with Crippen LogP contribution in [0.4, 0.5) is 0 Å². The first-order chi connectivity index (χ1) is 7.72. The Morgan fingerprint density at radius 1 is 1.31 bits per heavy atom. The Hall–Kier alpha value is -0.390. The lowest BCUT2D eigenvalue weighted by molar-refractivity contribution is 0.0516. The third-order valence-corrected chi connectivity index (χ3v) is 3.30. The molecule has 5 heteroatoms. The van der Waals surface area contributed by atoms with E-state index in [1.165, 1.54) is 0 Å². The van der Waals surface area contributed by atoms with Crippen molar-refractivity contribution in [3.8, 4) is 0 Å². The summed E-state index contributed by atoms with van der Waals surface area (Å²) in [7, 11) is 0. The van der Waals surface area contributed by atoms with Crippen molar-refractivity contribution < 1.29 is 9.53 Å². The van der Waals surface area contributed by atoms with Crippen LogP contribution in [0, 0.1) is 0 Å². The molecule has 0 aliphatic heterocycles. The van der Waals surface area contributed by atoms with E-state index in [1.807, 2.05) is 18.2 Å². The van der Waals surface area contributed by atoms with E-state index in [0.29, 0.717) is 22.8 Å². The molecule has 0 amide bonds. The first kappa shape index (κ1) is 13.7. The van der Waals surface area contributed by atoms with Crippen molar-refractivity contribution in [2.75, 3.05) is 13.2 Å². The fourth-order valence-corrected chi connectivity index (χ4v) is 2.08. The first-order valence-electron chi connectivity index (χ1n) is 4.83. The highest BCUT2D eigenvalue weighted by Gasteiger charge is 2.12.